The van der Waals surface area contributed by atoms with Crippen molar-refractivity contribution in [3.8, 4) is 11.5 Å². The van der Waals surface area contributed by atoms with E-state index in [1.165, 1.54) is 19.3 Å². The molecule has 7 rings (SSSR count). The van der Waals surface area contributed by atoms with Gasteiger partial charge in [-0.05, 0) is 103 Å². The minimum Gasteiger partial charge on any atom is -0.448 e. The summed E-state index contributed by atoms with van der Waals surface area (Å²) in [6.07, 6.45) is 12.0. The molecule has 1 atom stereocenters. The van der Waals surface area contributed by atoms with Crippen molar-refractivity contribution in [3.05, 3.63) is 45.0 Å². The lowest BCUT2D eigenvalue weighted by molar-refractivity contribution is -0.212. The van der Waals surface area contributed by atoms with E-state index in [0.29, 0.717) is 25.0 Å². The average molecular weight is 547 g/mol. The molecule has 40 heavy (non-hydrogen) atoms. The summed E-state index contributed by atoms with van der Waals surface area (Å²) >= 11 is 0. The van der Waals surface area contributed by atoms with Gasteiger partial charge in [0, 0.05) is 54.1 Å². The number of rotatable bonds is 6. The Labute approximate surface area is 239 Å². The maximum atomic E-state index is 14.1. The molecule has 0 aromatic heterocycles. The van der Waals surface area contributed by atoms with E-state index in [4.69, 9.17) is 9.47 Å². The van der Waals surface area contributed by atoms with Crippen molar-refractivity contribution in [2.45, 2.75) is 110 Å². The number of amides is 1. The Morgan fingerprint density at radius 1 is 0.950 bits per heavy atom. The molecular formula is C34H46N2O4. The number of ketones is 1. The van der Waals surface area contributed by atoms with Crippen molar-refractivity contribution in [1.82, 2.24) is 9.80 Å². The minimum absolute atomic E-state index is 0.00791. The first-order chi connectivity index (χ1) is 18.9. The van der Waals surface area contributed by atoms with E-state index in [9.17, 15) is 9.59 Å². The van der Waals surface area contributed by atoms with Gasteiger partial charge in [-0.25, -0.2) is 0 Å². The second-order valence-electron chi connectivity index (χ2n) is 13.6. The number of hydrogen-bond acceptors (Lipinski definition) is 5. The minimum atomic E-state index is -0.727. The highest BCUT2D eigenvalue weighted by Gasteiger charge is 2.62. The van der Waals surface area contributed by atoms with Crippen molar-refractivity contribution in [1.29, 1.82) is 0 Å². The fourth-order valence-electron chi connectivity index (χ4n) is 8.50. The summed E-state index contributed by atoms with van der Waals surface area (Å²) in [6.45, 7) is 11.4. The molecule has 3 fully saturated rings. The number of hydrogen-bond donors (Lipinski definition) is 0. The van der Waals surface area contributed by atoms with Crippen LogP contribution >= 0.6 is 0 Å². The number of benzene rings is 1. The number of fused-ring (bicyclic) bond motifs is 5. The van der Waals surface area contributed by atoms with Crippen molar-refractivity contribution < 1.29 is 19.1 Å². The van der Waals surface area contributed by atoms with Crippen LogP contribution in [-0.2, 0) is 11.2 Å². The van der Waals surface area contributed by atoms with E-state index < -0.39 is 5.79 Å². The predicted octanol–water partition coefficient (Wildman–Crippen LogP) is 6.46. The zero-order valence-corrected chi connectivity index (χ0v) is 25.6. The van der Waals surface area contributed by atoms with Gasteiger partial charge in [0.1, 0.15) is 0 Å². The quantitative estimate of drug-likeness (QED) is 0.410. The molecule has 0 radical (unpaired) electrons. The maximum Gasteiger partial charge on any atom is 0.254 e. The molecular weight excluding hydrogens is 500 g/mol. The Hall–Kier alpha value is -2.60. The highest BCUT2D eigenvalue weighted by Crippen LogP contribution is 2.63. The van der Waals surface area contributed by atoms with Crippen LogP contribution in [-0.4, -0.2) is 60.0 Å². The first-order valence-corrected chi connectivity index (χ1v) is 15.4. The molecule has 3 saturated carbocycles. The number of nitrogens with zero attached hydrogens (tertiary/aromatic N) is 2. The Morgan fingerprint density at radius 2 is 1.57 bits per heavy atom. The van der Waals surface area contributed by atoms with E-state index in [-0.39, 0.29) is 17.1 Å². The van der Waals surface area contributed by atoms with Gasteiger partial charge in [0.15, 0.2) is 17.3 Å². The summed E-state index contributed by atoms with van der Waals surface area (Å²) in [4.78, 5) is 31.4. The Morgan fingerprint density at radius 3 is 2.17 bits per heavy atom. The highest BCUT2D eigenvalue weighted by molar-refractivity contribution is 6.03. The number of carbonyl (C=O) groups excluding carboxylic acids is 2. The molecule has 2 aliphatic heterocycles. The Kier molecular flexibility index (Phi) is 6.53. The molecule has 216 valence electrons. The fourth-order valence-corrected chi connectivity index (χ4v) is 8.50. The molecule has 6 nitrogen and oxygen atoms in total. The monoisotopic (exact) mass is 546 g/mol. The molecule has 0 spiro atoms. The third-order valence-electron chi connectivity index (χ3n) is 11.3. The van der Waals surface area contributed by atoms with Gasteiger partial charge >= 0.3 is 0 Å². The third-order valence-corrected chi connectivity index (χ3v) is 11.3. The van der Waals surface area contributed by atoms with Crippen LogP contribution in [0.4, 0.5) is 0 Å². The third kappa shape index (κ3) is 3.92. The van der Waals surface area contributed by atoms with Crippen molar-refractivity contribution in [3.63, 3.8) is 0 Å². The van der Waals surface area contributed by atoms with Gasteiger partial charge in [-0.1, -0.05) is 25.0 Å². The van der Waals surface area contributed by atoms with Gasteiger partial charge in [0.2, 0.25) is 0 Å². The van der Waals surface area contributed by atoms with Crippen molar-refractivity contribution in [2.24, 2.45) is 5.41 Å². The summed E-state index contributed by atoms with van der Waals surface area (Å²) < 4.78 is 13.7. The number of ether oxygens (including phenoxy) is 2. The summed E-state index contributed by atoms with van der Waals surface area (Å²) in [5, 5.41) is 0. The fraction of sp³-hybridized carbons (Fsp3) is 0.647. The van der Waals surface area contributed by atoms with Crippen molar-refractivity contribution >= 4 is 11.7 Å². The molecule has 1 amide bonds. The van der Waals surface area contributed by atoms with E-state index in [0.717, 1.165) is 89.0 Å². The molecule has 1 aromatic carbocycles. The molecule has 2 heterocycles. The standard InChI is InChI=1S/C34H46N2O4/c1-8-9-24-18-21(2)19-27(37)26(24)20-36-17-10-25-22(3)29-30(23(4)28(25)31(36)38)40-32(5,39-29)33-11-14-34(15-12-33,16-13-33)35(6)7/h18H,8-17,19-20H2,1-7H3. The SMILES string of the molecule is CCCC1=C(CN2CCc3c(C)c4c(c(C)c3C2=O)OC(C)(C23CCC(N(C)C)(CC2)CC3)O4)C(=O)CC(C)=C1. The molecule has 0 saturated heterocycles. The van der Waals surface area contributed by atoms with Crippen LogP contribution in [0.2, 0.25) is 0 Å². The topological polar surface area (TPSA) is 59.1 Å². The van der Waals surface area contributed by atoms with Crippen LogP contribution in [0.15, 0.2) is 22.8 Å². The lowest BCUT2D eigenvalue weighted by atomic mass is 9.54. The summed E-state index contributed by atoms with van der Waals surface area (Å²) in [6, 6.07) is 0. The van der Waals surface area contributed by atoms with Gasteiger partial charge in [0.05, 0.1) is 0 Å². The number of carbonyl (C=O) groups is 2. The Bertz CT molecular complexity index is 1330. The molecule has 2 bridgehead atoms. The predicted molar refractivity (Wildman–Crippen MR) is 157 cm³/mol. The molecule has 4 aliphatic carbocycles. The summed E-state index contributed by atoms with van der Waals surface area (Å²) in [5.74, 6) is 1.02. The average Bonchev–Trinajstić information content (AvgIpc) is 3.31. The second kappa shape index (κ2) is 9.47. The van der Waals surface area contributed by atoms with Crippen LogP contribution in [0.5, 0.6) is 11.5 Å². The molecule has 6 aliphatic rings. The van der Waals surface area contributed by atoms with Crippen LogP contribution in [0, 0.1) is 19.3 Å². The van der Waals surface area contributed by atoms with Crippen molar-refractivity contribution in [2.75, 3.05) is 27.2 Å². The van der Waals surface area contributed by atoms with Crippen LogP contribution in [0.1, 0.15) is 106 Å². The number of allylic oxidation sites excluding steroid dienone is 3. The lowest BCUT2D eigenvalue weighted by Crippen LogP contribution is -2.62. The Balaban J connectivity index is 1.30. The van der Waals surface area contributed by atoms with Crippen LogP contribution in [0.25, 0.3) is 0 Å². The van der Waals surface area contributed by atoms with Gasteiger partial charge in [-0.3, -0.25) is 9.59 Å². The van der Waals surface area contributed by atoms with Crippen LogP contribution < -0.4 is 9.47 Å². The van der Waals surface area contributed by atoms with Gasteiger partial charge in [0.25, 0.3) is 11.7 Å². The first-order valence-electron chi connectivity index (χ1n) is 15.4. The van der Waals surface area contributed by atoms with E-state index in [2.05, 4.69) is 45.8 Å². The molecule has 1 aromatic rings. The lowest BCUT2D eigenvalue weighted by Gasteiger charge is -2.59. The normalized spacial score (nSPS) is 31.3. The molecule has 1 unspecified atom stereocenters. The highest BCUT2D eigenvalue weighted by atomic mass is 16.7. The van der Waals surface area contributed by atoms with Gasteiger partial charge < -0.3 is 19.3 Å². The van der Waals surface area contributed by atoms with Crippen LogP contribution in [0.3, 0.4) is 0 Å². The number of Topliss-reactive ketones (excluding diaryl/α,β-unsaturated/α-hetero) is 1. The smallest absolute Gasteiger partial charge is 0.254 e. The first kappa shape index (κ1) is 27.6. The zero-order chi connectivity index (χ0) is 28.6. The zero-order valence-electron chi connectivity index (χ0n) is 25.6. The van der Waals surface area contributed by atoms with E-state index in [1.54, 1.807) is 0 Å². The summed E-state index contributed by atoms with van der Waals surface area (Å²) in [7, 11) is 4.44. The van der Waals surface area contributed by atoms with E-state index in [1.807, 2.05) is 18.7 Å². The second-order valence-corrected chi connectivity index (χ2v) is 13.6. The van der Waals surface area contributed by atoms with E-state index >= 15 is 0 Å². The van der Waals surface area contributed by atoms with Gasteiger partial charge in [-0.15, -0.1) is 0 Å². The summed E-state index contributed by atoms with van der Waals surface area (Å²) in [5.41, 5.74) is 7.06. The maximum absolute atomic E-state index is 14.1. The molecule has 0 N–H and O–H groups in total. The van der Waals surface area contributed by atoms with Gasteiger partial charge in [-0.2, -0.15) is 0 Å². The molecule has 6 heteroatoms. The largest absolute Gasteiger partial charge is 0.448 e.